The number of carbonyl (C=O) groups is 1. The van der Waals surface area contributed by atoms with Crippen LogP contribution in [0, 0.1) is 5.92 Å². The second-order valence-electron chi connectivity index (χ2n) is 5.02. The van der Waals surface area contributed by atoms with Gasteiger partial charge in [0, 0.05) is 22.5 Å². The number of hydrogen-bond donors (Lipinski definition) is 2. The Bertz CT molecular complexity index is 497. The molecule has 1 amide bonds. The number of thioether (sulfide) groups is 1. The van der Waals surface area contributed by atoms with Crippen LogP contribution < -0.4 is 11.1 Å². The fourth-order valence-corrected chi connectivity index (χ4v) is 3.40. The summed E-state index contributed by atoms with van der Waals surface area (Å²) in [5, 5.41) is 4.01. The van der Waals surface area contributed by atoms with E-state index in [0.29, 0.717) is 22.5 Å². The zero-order chi connectivity index (χ0) is 14.7. The molecule has 1 aliphatic carbocycles. The first-order chi connectivity index (χ1) is 9.51. The Morgan fingerprint density at radius 1 is 1.48 bits per heavy atom. The van der Waals surface area contributed by atoms with E-state index >= 15 is 0 Å². The van der Waals surface area contributed by atoms with Gasteiger partial charge in [0.15, 0.2) is 0 Å². The summed E-state index contributed by atoms with van der Waals surface area (Å²) in [6, 6.07) is 5.35. The van der Waals surface area contributed by atoms with Crippen LogP contribution in [0.2, 0.25) is 10.0 Å². The van der Waals surface area contributed by atoms with Gasteiger partial charge in [-0.1, -0.05) is 23.2 Å². The zero-order valence-electron chi connectivity index (χ0n) is 11.6. The number of carbonyl (C=O) groups excluding carboxylic acids is 1. The molecule has 1 aromatic rings. The number of halogens is 3. The maximum atomic E-state index is 12.2. The molecule has 1 fully saturated rings. The molecule has 3 N–H and O–H groups in total. The Morgan fingerprint density at radius 2 is 2.14 bits per heavy atom. The monoisotopic (exact) mass is 368 g/mol. The predicted octanol–water partition coefficient (Wildman–Crippen LogP) is 3.75. The molecule has 0 bridgehead atoms. The van der Waals surface area contributed by atoms with Crippen LogP contribution in [0.1, 0.15) is 19.8 Å². The molecule has 2 rings (SSSR count). The van der Waals surface area contributed by atoms with Gasteiger partial charge < -0.3 is 11.1 Å². The molecule has 1 aliphatic rings. The molecule has 0 radical (unpaired) electrons. The normalized spacial score (nSPS) is 16.8. The van der Waals surface area contributed by atoms with Crippen LogP contribution in [0.5, 0.6) is 0 Å². The van der Waals surface area contributed by atoms with Crippen molar-refractivity contribution in [2.24, 2.45) is 11.7 Å². The van der Waals surface area contributed by atoms with E-state index in [4.69, 9.17) is 28.9 Å². The van der Waals surface area contributed by atoms with Crippen LogP contribution in [0.15, 0.2) is 23.1 Å². The van der Waals surface area contributed by atoms with Gasteiger partial charge in [0.25, 0.3) is 0 Å². The lowest BCUT2D eigenvalue weighted by atomic mass is 10.2. The van der Waals surface area contributed by atoms with Gasteiger partial charge >= 0.3 is 0 Å². The Labute approximate surface area is 145 Å². The van der Waals surface area contributed by atoms with Crippen LogP contribution in [0.3, 0.4) is 0 Å². The maximum absolute atomic E-state index is 12.2. The molecule has 2 unspecified atom stereocenters. The molecule has 118 valence electrons. The average molecular weight is 370 g/mol. The predicted molar refractivity (Wildman–Crippen MR) is 92.7 cm³/mol. The highest BCUT2D eigenvalue weighted by Crippen LogP contribution is 2.34. The van der Waals surface area contributed by atoms with Crippen molar-refractivity contribution >= 4 is 53.3 Å². The van der Waals surface area contributed by atoms with Gasteiger partial charge in [-0.3, -0.25) is 4.79 Å². The summed E-state index contributed by atoms with van der Waals surface area (Å²) in [5.74, 6) is 0.546. The third kappa shape index (κ3) is 5.53. The van der Waals surface area contributed by atoms with Crippen molar-refractivity contribution in [2.45, 2.75) is 36.0 Å². The summed E-state index contributed by atoms with van der Waals surface area (Å²) in [6.07, 6.45) is 2.31. The molecule has 3 nitrogen and oxygen atoms in total. The van der Waals surface area contributed by atoms with Gasteiger partial charge in [0.2, 0.25) is 5.91 Å². The van der Waals surface area contributed by atoms with Crippen molar-refractivity contribution in [3.8, 4) is 0 Å². The van der Waals surface area contributed by atoms with Crippen molar-refractivity contribution in [3.63, 3.8) is 0 Å². The first-order valence-corrected chi connectivity index (χ1v) is 8.27. The highest BCUT2D eigenvalue weighted by Gasteiger charge is 2.32. The van der Waals surface area contributed by atoms with Crippen LogP contribution in [0.25, 0.3) is 0 Å². The van der Waals surface area contributed by atoms with Gasteiger partial charge in [-0.05, 0) is 43.9 Å². The smallest absolute Gasteiger partial charge is 0.233 e. The molecule has 1 saturated carbocycles. The standard InChI is InChI=1S/C14H18Cl2N2OS.ClH/c1-8(14(19)18-12(7-17)9-2-3-9)20-13-6-10(15)4-5-11(13)16;/h4-6,8-9,12H,2-3,7,17H2,1H3,(H,18,19);1H. The van der Waals surface area contributed by atoms with E-state index in [1.165, 1.54) is 11.8 Å². The van der Waals surface area contributed by atoms with E-state index in [2.05, 4.69) is 5.32 Å². The SMILES string of the molecule is CC(Sc1cc(Cl)ccc1Cl)C(=O)NC(CN)C1CC1.Cl. The summed E-state index contributed by atoms with van der Waals surface area (Å²) in [4.78, 5) is 13.0. The summed E-state index contributed by atoms with van der Waals surface area (Å²) in [5.41, 5.74) is 5.70. The average Bonchev–Trinajstić information content (AvgIpc) is 3.24. The molecule has 21 heavy (non-hydrogen) atoms. The fourth-order valence-electron chi connectivity index (χ4n) is 1.98. The van der Waals surface area contributed by atoms with E-state index in [0.717, 1.165) is 17.7 Å². The maximum Gasteiger partial charge on any atom is 0.233 e. The van der Waals surface area contributed by atoms with Gasteiger partial charge in [-0.15, -0.1) is 24.2 Å². The largest absolute Gasteiger partial charge is 0.351 e. The van der Waals surface area contributed by atoms with E-state index in [9.17, 15) is 4.79 Å². The van der Waals surface area contributed by atoms with Crippen molar-refractivity contribution in [3.05, 3.63) is 28.2 Å². The molecule has 1 aromatic carbocycles. The second-order valence-corrected chi connectivity index (χ2v) is 7.25. The lowest BCUT2D eigenvalue weighted by Crippen LogP contribution is -2.44. The van der Waals surface area contributed by atoms with Crippen molar-refractivity contribution in [1.82, 2.24) is 5.32 Å². The lowest BCUT2D eigenvalue weighted by molar-refractivity contribution is -0.121. The number of rotatable bonds is 6. The summed E-state index contributed by atoms with van der Waals surface area (Å²) in [7, 11) is 0. The summed E-state index contributed by atoms with van der Waals surface area (Å²) >= 11 is 13.5. The van der Waals surface area contributed by atoms with Crippen LogP contribution in [0.4, 0.5) is 0 Å². The van der Waals surface area contributed by atoms with Crippen LogP contribution in [-0.2, 0) is 4.79 Å². The van der Waals surface area contributed by atoms with Gasteiger partial charge in [-0.25, -0.2) is 0 Å². The molecule has 0 aromatic heterocycles. The topological polar surface area (TPSA) is 55.1 Å². The Balaban J connectivity index is 0.00000220. The van der Waals surface area contributed by atoms with Crippen molar-refractivity contribution in [1.29, 1.82) is 0 Å². The molecule has 0 heterocycles. The Hall–Kier alpha value is -0.130. The first kappa shape index (κ1) is 18.9. The minimum absolute atomic E-state index is 0. The zero-order valence-corrected chi connectivity index (χ0v) is 14.8. The minimum Gasteiger partial charge on any atom is -0.351 e. The lowest BCUT2D eigenvalue weighted by Gasteiger charge is -2.19. The number of hydrogen-bond acceptors (Lipinski definition) is 3. The number of nitrogens with two attached hydrogens (primary N) is 1. The number of amides is 1. The molecular formula is C14H19Cl3N2OS. The highest BCUT2D eigenvalue weighted by molar-refractivity contribution is 8.00. The Kier molecular flexibility index (Phi) is 7.65. The summed E-state index contributed by atoms with van der Waals surface area (Å²) < 4.78 is 0. The number of nitrogens with one attached hydrogen (secondary N) is 1. The highest BCUT2D eigenvalue weighted by atomic mass is 35.5. The first-order valence-electron chi connectivity index (χ1n) is 6.63. The van der Waals surface area contributed by atoms with Gasteiger partial charge in [0.1, 0.15) is 0 Å². The third-order valence-electron chi connectivity index (χ3n) is 3.34. The molecule has 0 saturated heterocycles. The summed E-state index contributed by atoms with van der Waals surface area (Å²) in [6.45, 7) is 2.35. The Morgan fingerprint density at radius 3 is 2.71 bits per heavy atom. The van der Waals surface area contributed by atoms with E-state index in [-0.39, 0.29) is 29.6 Å². The van der Waals surface area contributed by atoms with E-state index in [1.54, 1.807) is 18.2 Å². The number of benzene rings is 1. The molecule has 0 spiro atoms. The molecular weight excluding hydrogens is 351 g/mol. The van der Waals surface area contributed by atoms with E-state index < -0.39 is 0 Å². The molecule has 7 heteroatoms. The van der Waals surface area contributed by atoms with Crippen LogP contribution in [-0.4, -0.2) is 23.7 Å². The quantitative estimate of drug-likeness (QED) is 0.751. The van der Waals surface area contributed by atoms with Gasteiger partial charge in [0.05, 0.1) is 10.3 Å². The molecule has 0 aliphatic heterocycles. The molecule has 2 atom stereocenters. The van der Waals surface area contributed by atoms with E-state index in [1.807, 2.05) is 6.92 Å². The third-order valence-corrected chi connectivity index (χ3v) is 5.17. The fraction of sp³-hybridized carbons (Fsp3) is 0.500. The van der Waals surface area contributed by atoms with Gasteiger partial charge in [-0.2, -0.15) is 0 Å². The van der Waals surface area contributed by atoms with Crippen molar-refractivity contribution in [2.75, 3.05) is 6.54 Å². The second kappa shape index (κ2) is 8.49. The minimum atomic E-state index is -0.237. The van der Waals surface area contributed by atoms with Crippen molar-refractivity contribution < 1.29 is 4.79 Å². The van der Waals surface area contributed by atoms with Crippen LogP contribution >= 0.6 is 47.4 Å².